The van der Waals surface area contributed by atoms with Crippen LogP contribution in [0.3, 0.4) is 0 Å². The molecule has 9 nitrogen and oxygen atoms in total. The summed E-state index contributed by atoms with van der Waals surface area (Å²) < 4.78 is 5.48. The zero-order chi connectivity index (χ0) is 26.4. The Kier molecular flexibility index (Phi) is 4.67. The van der Waals surface area contributed by atoms with Crippen LogP contribution in [-0.2, 0) is 7.05 Å². The third kappa shape index (κ3) is 3.39. The maximum absolute atomic E-state index is 13.7. The third-order valence-electron chi connectivity index (χ3n) is 8.37. The smallest absolute Gasteiger partial charge is 0.251 e. The molecule has 3 aromatic heterocycles. The van der Waals surface area contributed by atoms with Crippen LogP contribution in [0.25, 0.3) is 33.3 Å². The van der Waals surface area contributed by atoms with E-state index in [2.05, 4.69) is 44.9 Å². The topological polar surface area (TPSA) is 95.8 Å². The lowest BCUT2D eigenvalue weighted by Gasteiger charge is -2.20. The standard InChI is InChI=1S/C29H23ClN8O/c1-15-20-5-3-16(8-26(20)36(2)33-15)18-7-24(31-13-18)29-23-12-22(23)27-9-17(10-28(39)38(27)29)21-11-19(30)4-6-25(21)37-14-32-34-35-37/h3-6,8-11,13-14,22-23,29H,7,12H2,1-2H3. The number of nitrogens with zero attached hydrogens (tertiary/aromatic N) is 8. The number of allylic oxidation sites excluding steroid dienone is 1. The Labute approximate surface area is 228 Å². The fourth-order valence-electron chi connectivity index (χ4n) is 6.48. The summed E-state index contributed by atoms with van der Waals surface area (Å²) in [5.74, 6) is 0.763. The van der Waals surface area contributed by atoms with E-state index in [0.29, 0.717) is 16.9 Å². The predicted molar refractivity (Wildman–Crippen MR) is 149 cm³/mol. The minimum Gasteiger partial charge on any atom is -0.303 e. The van der Waals surface area contributed by atoms with Gasteiger partial charge in [0.2, 0.25) is 0 Å². The average molecular weight is 535 g/mol. The summed E-state index contributed by atoms with van der Waals surface area (Å²) in [5, 5.41) is 17.9. The van der Waals surface area contributed by atoms with Gasteiger partial charge in [0.1, 0.15) is 6.33 Å². The van der Waals surface area contributed by atoms with Gasteiger partial charge in [0.25, 0.3) is 5.56 Å². The van der Waals surface area contributed by atoms with E-state index >= 15 is 0 Å². The number of aryl methyl sites for hydroxylation is 2. The molecule has 2 aromatic carbocycles. The summed E-state index contributed by atoms with van der Waals surface area (Å²) in [6, 6.07) is 15.8. The molecule has 8 rings (SSSR count). The molecule has 1 saturated carbocycles. The van der Waals surface area contributed by atoms with Gasteiger partial charge in [0.05, 0.1) is 22.9 Å². The number of tetrazole rings is 1. The number of rotatable bonds is 4. The molecule has 1 fully saturated rings. The first-order valence-electron chi connectivity index (χ1n) is 13.0. The fraction of sp³-hybridized carbons (Fsp3) is 0.241. The molecule has 39 heavy (non-hydrogen) atoms. The predicted octanol–water partition coefficient (Wildman–Crippen LogP) is 4.88. The Hall–Kier alpha value is -4.37. The first-order valence-corrected chi connectivity index (χ1v) is 13.3. The summed E-state index contributed by atoms with van der Waals surface area (Å²) in [5.41, 5.74) is 8.97. The minimum atomic E-state index is -0.0229. The van der Waals surface area contributed by atoms with Crippen molar-refractivity contribution in [1.82, 2.24) is 34.6 Å². The van der Waals surface area contributed by atoms with Crippen LogP contribution in [-0.4, -0.2) is 40.3 Å². The zero-order valence-electron chi connectivity index (χ0n) is 21.3. The molecular formula is C29H23ClN8O. The molecule has 192 valence electrons. The molecule has 0 bridgehead atoms. The number of aromatic nitrogens is 7. The van der Waals surface area contributed by atoms with Gasteiger partial charge in [-0.25, -0.2) is 0 Å². The van der Waals surface area contributed by atoms with E-state index in [1.807, 2.05) is 41.6 Å². The number of hydrogen-bond donors (Lipinski definition) is 0. The van der Waals surface area contributed by atoms with Gasteiger partial charge >= 0.3 is 0 Å². The molecule has 0 amide bonds. The molecule has 0 spiro atoms. The van der Waals surface area contributed by atoms with Crippen molar-refractivity contribution in [3.8, 4) is 16.8 Å². The SMILES string of the molecule is Cc1nn(C)c2cc(C3=CN=C(C4C5CC5c5cc(-c6cc(Cl)ccc6-n6cnnn6)cc(=O)n54)C3)ccc12. The highest BCUT2D eigenvalue weighted by molar-refractivity contribution is 6.31. The molecule has 1 aliphatic carbocycles. The van der Waals surface area contributed by atoms with E-state index in [4.69, 9.17) is 16.6 Å². The number of benzene rings is 2. The maximum atomic E-state index is 13.7. The Morgan fingerprint density at radius 3 is 2.79 bits per heavy atom. The van der Waals surface area contributed by atoms with Gasteiger partial charge in [-0.3, -0.25) is 14.5 Å². The van der Waals surface area contributed by atoms with E-state index in [0.717, 1.165) is 63.2 Å². The van der Waals surface area contributed by atoms with Crippen LogP contribution in [0.1, 0.15) is 41.8 Å². The van der Waals surface area contributed by atoms with Gasteiger partial charge in [-0.05, 0) is 76.7 Å². The molecule has 3 aliphatic rings. The highest BCUT2D eigenvalue weighted by atomic mass is 35.5. The summed E-state index contributed by atoms with van der Waals surface area (Å²) >= 11 is 6.37. The quantitative estimate of drug-likeness (QED) is 0.327. The van der Waals surface area contributed by atoms with E-state index < -0.39 is 0 Å². The van der Waals surface area contributed by atoms with Crippen LogP contribution in [0.15, 0.2) is 70.8 Å². The molecule has 0 N–H and O–H groups in total. The van der Waals surface area contributed by atoms with Crippen molar-refractivity contribution in [3.05, 3.63) is 93.4 Å². The van der Waals surface area contributed by atoms with Gasteiger partial charge in [0, 0.05) is 59.0 Å². The lowest BCUT2D eigenvalue weighted by Crippen LogP contribution is -2.29. The normalized spacial score (nSPS) is 21.2. The minimum absolute atomic E-state index is 0.0127. The van der Waals surface area contributed by atoms with Crippen molar-refractivity contribution in [1.29, 1.82) is 0 Å². The van der Waals surface area contributed by atoms with Gasteiger partial charge < -0.3 is 4.57 Å². The van der Waals surface area contributed by atoms with E-state index in [1.165, 1.54) is 11.9 Å². The first-order chi connectivity index (χ1) is 19.0. The summed E-state index contributed by atoms with van der Waals surface area (Å²) in [6.45, 7) is 2.03. The van der Waals surface area contributed by atoms with Crippen LogP contribution in [0.4, 0.5) is 0 Å². The van der Waals surface area contributed by atoms with Crippen molar-refractivity contribution in [2.24, 2.45) is 18.0 Å². The molecule has 10 heteroatoms. The lowest BCUT2D eigenvalue weighted by atomic mass is 9.97. The van der Waals surface area contributed by atoms with Gasteiger partial charge in [0.15, 0.2) is 0 Å². The van der Waals surface area contributed by atoms with Crippen molar-refractivity contribution in [2.45, 2.75) is 31.7 Å². The Morgan fingerprint density at radius 2 is 1.95 bits per heavy atom. The van der Waals surface area contributed by atoms with Crippen LogP contribution in [0.5, 0.6) is 0 Å². The second-order valence-corrected chi connectivity index (χ2v) is 11.1. The van der Waals surface area contributed by atoms with Gasteiger partial charge in [-0.1, -0.05) is 23.7 Å². The van der Waals surface area contributed by atoms with Gasteiger partial charge in [-0.2, -0.15) is 9.78 Å². The number of fused-ring (bicyclic) bond motifs is 4. The van der Waals surface area contributed by atoms with Crippen LogP contribution in [0.2, 0.25) is 5.02 Å². The molecule has 0 saturated heterocycles. The lowest BCUT2D eigenvalue weighted by molar-refractivity contribution is 0.584. The zero-order valence-corrected chi connectivity index (χ0v) is 22.0. The second kappa shape index (κ2) is 8.07. The van der Waals surface area contributed by atoms with E-state index in [-0.39, 0.29) is 11.6 Å². The van der Waals surface area contributed by atoms with E-state index in [1.54, 1.807) is 16.8 Å². The number of aliphatic imine (C=N–C) groups is 1. The number of halogens is 1. The Bertz CT molecular complexity index is 1950. The van der Waals surface area contributed by atoms with Gasteiger partial charge in [-0.15, -0.1) is 5.10 Å². The van der Waals surface area contributed by atoms with Crippen molar-refractivity contribution >= 4 is 33.8 Å². The highest BCUT2D eigenvalue weighted by Gasteiger charge is 2.54. The maximum Gasteiger partial charge on any atom is 0.251 e. The first kappa shape index (κ1) is 22.6. The molecule has 5 heterocycles. The molecule has 0 radical (unpaired) electrons. The Morgan fingerprint density at radius 1 is 1.05 bits per heavy atom. The Balaban J connectivity index is 1.14. The summed E-state index contributed by atoms with van der Waals surface area (Å²) in [4.78, 5) is 18.5. The molecular weight excluding hydrogens is 512 g/mol. The molecule has 3 atom stereocenters. The van der Waals surface area contributed by atoms with Crippen molar-refractivity contribution in [2.75, 3.05) is 0 Å². The number of pyridine rings is 1. The molecule has 3 unspecified atom stereocenters. The molecule has 2 aliphatic heterocycles. The average Bonchev–Trinajstić information content (AvgIpc) is 3.33. The summed E-state index contributed by atoms with van der Waals surface area (Å²) in [6.07, 6.45) is 5.31. The van der Waals surface area contributed by atoms with Crippen LogP contribution >= 0.6 is 11.6 Å². The van der Waals surface area contributed by atoms with Crippen molar-refractivity contribution < 1.29 is 0 Å². The number of hydrogen-bond acceptors (Lipinski definition) is 6. The second-order valence-electron chi connectivity index (χ2n) is 10.6. The van der Waals surface area contributed by atoms with E-state index in [9.17, 15) is 4.79 Å². The van der Waals surface area contributed by atoms with Crippen molar-refractivity contribution in [3.63, 3.8) is 0 Å². The van der Waals surface area contributed by atoms with Crippen LogP contribution in [0, 0.1) is 12.8 Å². The fourth-order valence-corrected chi connectivity index (χ4v) is 6.66. The summed E-state index contributed by atoms with van der Waals surface area (Å²) in [7, 11) is 1.97. The highest BCUT2D eigenvalue weighted by Crippen LogP contribution is 2.60. The largest absolute Gasteiger partial charge is 0.303 e. The molecule has 5 aromatic rings. The van der Waals surface area contributed by atoms with Crippen LogP contribution < -0.4 is 5.56 Å². The third-order valence-corrected chi connectivity index (χ3v) is 8.61. The monoisotopic (exact) mass is 534 g/mol.